The highest BCUT2D eigenvalue weighted by Crippen LogP contribution is 2.35. The molecular formula is C16H18F3N5O. The Kier molecular flexibility index (Phi) is 5.92. The standard InChI is InChI=1S/C16H18F3N5O/c1-24(2)8-7-20-15(25)13-9-22-14(10-21-13)23-12-6-4-3-5-11(12)16(17,18)19/h3-6,9-10H,7-8H2,1-2H3,(H,20,25)(H,22,23). The number of nitrogens with zero attached hydrogens (tertiary/aromatic N) is 3. The molecule has 25 heavy (non-hydrogen) atoms. The van der Waals surface area contributed by atoms with Crippen molar-refractivity contribution in [1.82, 2.24) is 20.2 Å². The van der Waals surface area contributed by atoms with Crippen LogP contribution in [0.25, 0.3) is 0 Å². The van der Waals surface area contributed by atoms with E-state index in [4.69, 9.17) is 0 Å². The van der Waals surface area contributed by atoms with E-state index in [1.165, 1.54) is 30.6 Å². The number of alkyl halides is 3. The highest BCUT2D eigenvalue weighted by molar-refractivity contribution is 5.92. The van der Waals surface area contributed by atoms with Crippen molar-refractivity contribution < 1.29 is 18.0 Å². The van der Waals surface area contributed by atoms with Gasteiger partial charge in [-0.25, -0.2) is 9.97 Å². The van der Waals surface area contributed by atoms with Gasteiger partial charge in [-0.2, -0.15) is 13.2 Å². The summed E-state index contributed by atoms with van der Waals surface area (Å²) in [7, 11) is 3.76. The number of likely N-dealkylation sites (N-methyl/N-ethyl adjacent to an activating group) is 1. The number of aromatic nitrogens is 2. The van der Waals surface area contributed by atoms with Crippen molar-refractivity contribution in [3.8, 4) is 0 Å². The zero-order chi connectivity index (χ0) is 18.4. The summed E-state index contributed by atoms with van der Waals surface area (Å²) in [5, 5.41) is 5.25. The molecule has 0 spiro atoms. The van der Waals surface area contributed by atoms with Gasteiger partial charge in [0, 0.05) is 13.1 Å². The van der Waals surface area contributed by atoms with E-state index in [0.717, 1.165) is 6.07 Å². The number of carbonyl (C=O) groups excluding carboxylic acids is 1. The number of anilines is 2. The van der Waals surface area contributed by atoms with E-state index < -0.39 is 17.6 Å². The monoisotopic (exact) mass is 353 g/mol. The van der Waals surface area contributed by atoms with Gasteiger partial charge in [-0.05, 0) is 26.2 Å². The Labute approximate surface area is 143 Å². The van der Waals surface area contributed by atoms with Gasteiger partial charge in [0.15, 0.2) is 0 Å². The van der Waals surface area contributed by atoms with Crippen molar-refractivity contribution in [3.63, 3.8) is 0 Å². The molecule has 0 unspecified atom stereocenters. The lowest BCUT2D eigenvalue weighted by molar-refractivity contribution is -0.136. The number of hydrogen-bond donors (Lipinski definition) is 2. The average molecular weight is 353 g/mol. The zero-order valence-electron chi connectivity index (χ0n) is 13.8. The van der Waals surface area contributed by atoms with Gasteiger partial charge in [0.25, 0.3) is 5.91 Å². The first-order valence-electron chi connectivity index (χ1n) is 7.45. The second-order valence-electron chi connectivity index (χ2n) is 5.51. The fourth-order valence-electron chi connectivity index (χ4n) is 1.97. The molecule has 1 amide bonds. The highest BCUT2D eigenvalue weighted by atomic mass is 19.4. The quantitative estimate of drug-likeness (QED) is 0.835. The summed E-state index contributed by atoms with van der Waals surface area (Å²) in [6.45, 7) is 1.12. The molecule has 1 aromatic carbocycles. The molecule has 0 bridgehead atoms. The van der Waals surface area contributed by atoms with Crippen molar-refractivity contribution in [2.24, 2.45) is 0 Å². The van der Waals surface area contributed by atoms with Crippen LogP contribution in [-0.2, 0) is 6.18 Å². The molecule has 2 rings (SSSR count). The van der Waals surface area contributed by atoms with E-state index in [-0.39, 0.29) is 17.2 Å². The van der Waals surface area contributed by atoms with Crippen molar-refractivity contribution in [2.45, 2.75) is 6.18 Å². The van der Waals surface area contributed by atoms with Crippen LogP contribution in [0.4, 0.5) is 24.7 Å². The number of hydrogen-bond acceptors (Lipinski definition) is 5. The van der Waals surface area contributed by atoms with Crippen molar-refractivity contribution in [1.29, 1.82) is 0 Å². The van der Waals surface area contributed by atoms with Crippen molar-refractivity contribution in [3.05, 3.63) is 47.9 Å². The molecule has 0 saturated heterocycles. The van der Waals surface area contributed by atoms with E-state index in [1.54, 1.807) is 0 Å². The molecule has 0 fully saturated rings. The number of para-hydroxylation sites is 1. The predicted octanol–water partition coefficient (Wildman–Crippen LogP) is 2.53. The van der Waals surface area contributed by atoms with Crippen LogP contribution in [0.5, 0.6) is 0 Å². The molecule has 0 aliphatic carbocycles. The number of benzene rings is 1. The maximum Gasteiger partial charge on any atom is 0.418 e. The summed E-state index contributed by atoms with van der Waals surface area (Å²) in [6.07, 6.45) is -2.05. The molecule has 6 nitrogen and oxygen atoms in total. The Morgan fingerprint density at radius 2 is 1.88 bits per heavy atom. The second kappa shape index (κ2) is 7.93. The van der Waals surface area contributed by atoms with Crippen molar-refractivity contribution >= 4 is 17.4 Å². The molecule has 0 saturated carbocycles. The summed E-state index contributed by atoms with van der Waals surface area (Å²) in [4.78, 5) is 21.7. The zero-order valence-corrected chi connectivity index (χ0v) is 13.8. The molecule has 0 radical (unpaired) electrons. The maximum absolute atomic E-state index is 13.0. The van der Waals surface area contributed by atoms with Gasteiger partial charge in [-0.15, -0.1) is 0 Å². The van der Waals surface area contributed by atoms with Gasteiger partial charge in [-0.1, -0.05) is 12.1 Å². The molecule has 9 heteroatoms. The fourth-order valence-corrected chi connectivity index (χ4v) is 1.97. The van der Waals surface area contributed by atoms with Crippen LogP contribution in [0.2, 0.25) is 0 Å². The van der Waals surface area contributed by atoms with E-state index in [0.29, 0.717) is 13.1 Å². The fraction of sp³-hybridized carbons (Fsp3) is 0.312. The number of carbonyl (C=O) groups is 1. The molecule has 2 aromatic rings. The first kappa shape index (κ1) is 18.7. The minimum absolute atomic E-state index is 0.0911. The van der Waals surface area contributed by atoms with Gasteiger partial charge in [0.1, 0.15) is 11.5 Å². The third kappa shape index (κ3) is 5.42. The van der Waals surface area contributed by atoms with E-state index in [1.807, 2.05) is 19.0 Å². The summed E-state index contributed by atoms with van der Waals surface area (Å²) < 4.78 is 38.9. The van der Waals surface area contributed by atoms with Crippen LogP contribution >= 0.6 is 0 Å². The van der Waals surface area contributed by atoms with E-state index in [2.05, 4.69) is 20.6 Å². The molecule has 0 aliphatic rings. The molecule has 134 valence electrons. The summed E-state index contributed by atoms with van der Waals surface area (Å²) >= 11 is 0. The van der Waals surface area contributed by atoms with Gasteiger partial charge in [0.05, 0.1) is 23.6 Å². The Morgan fingerprint density at radius 1 is 1.16 bits per heavy atom. The van der Waals surface area contributed by atoms with Crippen LogP contribution in [0, 0.1) is 0 Å². The van der Waals surface area contributed by atoms with E-state index in [9.17, 15) is 18.0 Å². The Hall–Kier alpha value is -2.68. The molecular weight excluding hydrogens is 335 g/mol. The normalized spacial score (nSPS) is 11.4. The lowest BCUT2D eigenvalue weighted by atomic mass is 10.1. The van der Waals surface area contributed by atoms with Crippen LogP contribution in [0.15, 0.2) is 36.7 Å². The van der Waals surface area contributed by atoms with E-state index >= 15 is 0 Å². The van der Waals surface area contributed by atoms with Crippen LogP contribution < -0.4 is 10.6 Å². The third-order valence-electron chi connectivity index (χ3n) is 3.22. The van der Waals surface area contributed by atoms with Crippen LogP contribution in [-0.4, -0.2) is 48.0 Å². The minimum Gasteiger partial charge on any atom is -0.349 e. The number of rotatable bonds is 6. The van der Waals surface area contributed by atoms with Gasteiger partial charge >= 0.3 is 6.18 Å². The third-order valence-corrected chi connectivity index (χ3v) is 3.22. The Balaban J connectivity index is 2.05. The largest absolute Gasteiger partial charge is 0.418 e. The summed E-state index contributed by atoms with van der Waals surface area (Å²) in [5.41, 5.74) is -0.844. The maximum atomic E-state index is 13.0. The topological polar surface area (TPSA) is 70.2 Å². The molecule has 2 N–H and O–H groups in total. The average Bonchev–Trinajstić information content (AvgIpc) is 2.54. The highest BCUT2D eigenvalue weighted by Gasteiger charge is 2.33. The Bertz CT molecular complexity index is 716. The number of amides is 1. The summed E-state index contributed by atoms with van der Waals surface area (Å²) in [5.74, 6) is -0.280. The number of nitrogens with one attached hydrogen (secondary N) is 2. The first-order chi connectivity index (χ1) is 11.8. The van der Waals surface area contributed by atoms with Gasteiger partial charge < -0.3 is 15.5 Å². The van der Waals surface area contributed by atoms with Crippen LogP contribution in [0.3, 0.4) is 0 Å². The van der Waals surface area contributed by atoms with Gasteiger partial charge in [0.2, 0.25) is 0 Å². The Morgan fingerprint density at radius 3 is 2.48 bits per heavy atom. The lowest BCUT2D eigenvalue weighted by Gasteiger charge is -2.13. The second-order valence-corrected chi connectivity index (χ2v) is 5.51. The molecule has 1 aromatic heterocycles. The van der Waals surface area contributed by atoms with Crippen molar-refractivity contribution in [2.75, 3.05) is 32.5 Å². The molecule has 1 heterocycles. The summed E-state index contributed by atoms with van der Waals surface area (Å²) in [6, 6.07) is 5.06. The number of halogens is 3. The SMILES string of the molecule is CN(C)CCNC(=O)c1cnc(Nc2ccccc2C(F)(F)F)cn1. The minimum atomic E-state index is -4.48. The van der Waals surface area contributed by atoms with Crippen LogP contribution in [0.1, 0.15) is 16.1 Å². The predicted molar refractivity (Wildman–Crippen MR) is 87.6 cm³/mol. The smallest absolute Gasteiger partial charge is 0.349 e. The molecule has 0 atom stereocenters. The molecule has 0 aliphatic heterocycles. The van der Waals surface area contributed by atoms with Gasteiger partial charge in [-0.3, -0.25) is 4.79 Å². The first-order valence-corrected chi connectivity index (χ1v) is 7.45. The lowest BCUT2D eigenvalue weighted by Crippen LogP contribution is -2.31.